The van der Waals surface area contributed by atoms with E-state index in [4.69, 9.17) is 0 Å². The molecule has 0 saturated heterocycles. The van der Waals surface area contributed by atoms with E-state index in [1.165, 1.54) is 17.7 Å². The SMILES string of the molecule is CCc1ccccc1Nc1ncnc2sc(C)c(-c3ccc(F)cc3)c12. The van der Waals surface area contributed by atoms with Gasteiger partial charge in [0.05, 0.1) is 5.39 Å². The van der Waals surface area contributed by atoms with Gasteiger partial charge in [-0.2, -0.15) is 0 Å². The van der Waals surface area contributed by atoms with Gasteiger partial charge in [-0.25, -0.2) is 14.4 Å². The Morgan fingerprint density at radius 1 is 1.04 bits per heavy atom. The van der Waals surface area contributed by atoms with E-state index in [1.807, 2.05) is 12.1 Å². The Bertz CT molecular complexity index is 1070. The Kier molecular flexibility index (Phi) is 4.39. The van der Waals surface area contributed by atoms with Gasteiger partial charge in [-0.1, -0.05) is 37.3 Å². The summed E-state index contributed by atoms with van der Waals surface area (Å²) in [4.78, 5) is 11.0. The van der Waals surface area contributed by atoms with Crippen LogP contribution in [0.4, 0.5) is 15.9 Å². The molecule has 4 rings (SSSR count). The number of hydrogen-bond donors (Lipinski definition) is 1. The Hall–Kier alpha value is -2.79. The summed E-state index contributed by atoms with van der Waals surface area (Å²) >= 11 is 1.63. The lowest BCUT2D eigenvalue weighted by Gasteiger charge is -2.12. The molecular formula is C21H18FN3S. The van der Waals surface area contributed by atoms with Gasteiger partial charge in [-0.3, -0.25) is 0 Å². The van der Waals surface area contributed by atoms with E-state index in [0.29, 0.717) is 0 Å². The summed E-state index contributed by atoms with van der Waals surface area (Å²) in [7, 11) is 0. The fourth-order valence-corrected chi connectivity index (χ4v) is 4.19. The van der Waals surface area contributed by atoms with Crippen molar-refractivity contribution in [3.05, 3.63) is 71.1 Å². The summed E-state index contributed by atoms with van der Waals surface area (Å²) in [6.45, 7) is 4.20. The molecule has 0 radical (unpaired) electrons. The van der Waals surface area contributed by atoms with E-state index in [0.717, 1.165) is 44.1 Å². The molecule has 4 aromatic rings. The number of rotatable bonds is 4. The van der Waals surface area contributed by atoms with Crippen molar-refractivity contribution in [3.63, 3.8) is 0 Å². The molecule has 2 heterocycles. The largest absolute Gasteiger partial charge is 0.339 e. The first-order chi connectivity index (χ1) is 12.7. The third-order valence-electron chi connectivity index (χ3n) is 4.45. The van der Waals surface area contributed by atoms with Crippen LogP contribution in [0.5, 0.6) is 0 Å². The highest BCUT2D eigenvalue weighted by Crippen LogP contribution is 2.41. The zero-order chi connectivity index (χ0) is 18.1. The highest BCUT2D eigenvalue weighted by atomic mass is 32.1. The number of para-hydroxylation sites is 1. The van der Waals surface area contributed by atoms with Crippen molar-refractivity contribution in [1.29, 1.82) is 0 Å². The quantitative estimate of drug-likeness (QED) is 0.475. The zero-order valence-electron chi connectivity index (χ0n) is 14.6. The maximum Gasteiger partial charge on any atom is 0.143 e. The highest BCUT2D eigenvalue weighted by Gasteiger charge is 2.17. The van der Waals surface area contributed by atoms with Gasteiger partial charge in [0.25, 0.3) is 0 Å². The van der Waals surface area contributed by atoms with Crippen LogP contribution in [0, 0.1) is 12.7 Å². The molecule has 0 aliphatic heterocycles. The van der Waals surface area contributed by atoms with Crippen molar-refractivity contribution >= 4 is 33.1 Å². The molecule has 0 aliphatic rings. The molecule has 0 spiro atoms. The highest BCUT2D eigenvalue weighted by molar-refractivity contribution is 7.19. The van der Waals surface area contributed by atoms with Crippen molar-refractivity contribution in [2.75, 3.05) is 5.32 Å². The van der Waals surface area contributed by atoms with Crippen molar-refractivity contribution in [2.45, 2.75) is 20.3 Å². The molecule has 0 atom stereocenters. The third-order valence-corrected chi connectivity index (χ3v) is 5.46. The van der Waals surface area contributed by atoms with Crippen molar-refractivity contribution in [1.82, 2.24) is 9.97 Å². The number of fused-ring (bicyclic) bond motifs is 1. The molecule has 3 nitrogen and oxygen atoms in total. The van der Waals surface area contributed by atoms with Crippen LogP contribution in [-0.4, -0.2) is 9.97 Å². The molecular weight excluding hydrogens is 345 g/mol. The van der Waals surface area contributed by atoms with Gasteiger partial charge in [0.15, 0.2) is 0 Å². The Morgan fingerprint density at radius 3 is 2.58 bits per heavy atom. The summed E-state index contributed by atoms with van der Waals surface area (Å²) in [5.41, 5.74) is 4.30. The van der Waals surface area contributed by atoms with Crippen molar-refractivity contribution in [3.8, 4) is 11.1 Å². The maximum atomic E-state index is 13.4. The van der Waals surface area contributed by atoms with Crippen molar-refractivity contribution < 1.29 is 4.39 Å². The maximum absolute atomic E-state index is 13.4. The van der Waals surface area contributed by atoms with Gasteiger partial charge in [0.1, 0.15) is 22.8 Å². The topological polar surface area (TPSA) is 37.8 Å². The number of aryl methyl sites for hydroxylation is 2. The first-order valence-electron chi connectivity index (χ1n) is 8.52. The smallest absolute Gasteiger partial charge is 0.143 e. The van der Waals surface area contributed by atoms with Crippen LogP contribution in [-0.2, 0) is 6.42 Å². The molecule has 1 N–H and O–H groups in total. The first kappa shape index (κ1) is 16.7. The van der Waals surface area contributed by atoms with Crippen LogP contribution >= 0.6 is 11.3 Å². The third kappa shape index (κ3) is 2.95. The fourth-order valence-electron chi connectivity index (χ4n) is 3.18. The van der Waals surface area contributed by atoms with E-state index < -0.39 is 0 Å². The van der Waals surface area contributed by atoms with Gasteiger partial charge < -0.3 is 5.32 Å². The minimum absolute atomic E-state index is 0.239. The van der Waals surface area contributed by atoms with Crippen LogP contribution in [0.15, 0.2) is 54.9 Å². The monoisotopic (exact) mass is 363 g/mol. The van der Waals surface area contributed by atoms with E-state index in [9.17, 15) is 4.39 Å². The molecule has 0 aliphatic carbocycles. The molecule has 0 unspecified atom stereocenters. The molecule has 2 aromatic heterocycles. The van der Waals surface area contributed by atoms with E-state index >= 15 is 0 Å². The lowest BCUT2D eigenvalue weighted by atomic mass is 10.0. The molecule has 130 valence electrons. The zero-order valence-corrected chi connectivity index (χ0v) is 15.4. The second-order valence-corrected chi connectivity index (χ2v) is 7.28. The number of aromatic nitrogens is 2. The molecule has 2 aromatic carbocycles. The van der Waals surface area contributed by atoms with Crippen molar-refractivity contribution in [2.24, 2.45) is 0 Å². The van der Waals surface area contributed by atoms with Gasteiger partial charge in [-0.05, 0) is 42.7 Å². The lowest BCUT2D eigenvalue weighted by Crippen LogP contribution is -1.98. The number of nitrogens with one attached hydrogen (secondary N) is 1. The average Bonchev–Trinajstić information content (AvgIpc) is 3.00. The minimum atomic E-state index is -0.239. The van der Waals surface area contributed by atoms with Gasteiger partial charge >= 0.3 is 0 Å². The lowest BCUT2D eigenvalue weighted by molar-refractivity contribution is 0.628. The molecule has 26 heavy (non-hydrogen) atoms. The Balaban J connectivity index is 1.89. The number of nitrogens with zero attached hydrogens (tertiary/aromatic N) is 2. The van der Waals surface area contributed by atoms with Gasteiger partial charge in [0.2, 0.25) is 0 Å². The summed E-state index contributed by atoms with van der Waals surface area (Å²) < 4.78 is 13.4. The number of halogens is 1. The summed E-state index contributed by atoms with van der Waals surface area (Å²) in [6.07, 6.45) is 2.52. The van der Waals surface area contributed by atoms with Crippen LogP contribution < -0.4 is 5.32 Å². The summed E-state index contributed by atoms with van der Waals surface area (Å²) in [6, 6.07) is 14.8. The average molecular weight is 363 g/mol. The second kappa shape index (κ2) is 6.84. The number of thiophene rings is 1. The predicted molar refractivity (Wildman–Crippen MR) is 107 cm³/mol. The van der Waals surface area contributed by atoms with Crippen LogP contribution in [0.3, 0.4) is 0 Å². The standard InChI is InChI=1S/C21H18FN3S/c1-3-14-6-4-5-7-17(14)25-20-19-18(15-8-10-16(22)11-9-15)13(2)26-21(19)24-12-23-20/h4-12H,3H2,1-2H3,(H,23,24,25). The number of hydrogen-bond acceptors (Lipinski definition) is 4. The number of anilines is 2. The summed E-state index contributed by atoms with van der Waals surface area (Å²) in [5.74, 6) is 0.539. The van der Waals surface area contributed by atoms with Crippen LogP contribution in [0.1, 0.15) is 17.4 Å². The first-order valence-corrected chi connectivity index (χ1v) is 9.34. The van der Waals surface area contributed by atoms with Crippen LogP contribution in [0.2, 0.25) is 0 Å². The molecule has 0 amide bonds. The van der Waals surface area contributed by atoms with E-state index in [2.05, 4.69) is 41.3 Å². The van der Waals surface area contributed by atoms with Gasteiger partial charge in [0, 0.05) is 16.1 Å². The Labute approximate surface area is 155 Å². The molecule has 0 saturated carbocycles. The van der Waals surface area contributed by atoms with Crippen LogP contribution in [0.25, 0.3) is 21.3 Å². The summed E-state index contributed by atoms with van der Waals surface area (Å²) in [5, 5.41) is 4.46. The molecule has 5 heteroatoms. The fraction of sp³-hybridized carbons (Fsp3) is 0.143. The molecule has 0 fully saturated rings. The van der Waals surface area contributed by atoms with E-state index in [-0.39, 0.29) is 5.82 Å². The molecule has 0 bridgehead atoms. The minimum Gasteiger partial charge on any atom is -0.339 e. The second-order valence-electron chi connectivity index (χ2n) is 6.08. The normalized spacial score (nSPS) is 11.0. The number of benzene rings is 2. The predicted octanol–water partition coefficient (Wildman–Crippen LogP) is 6.11. The van der Waals surface area contributed by atoms with Gasteiger partial charge in [-0.15, -0.1) is 11.3 Å². The Morgan fingerprint density at radius 2 is 1.81 bits per heavy atom. The van der Waals surface area contributed by atoms with E-state index in [1.54, 1.807) is 29.8 Å².